The minimum absolute atomic E-state index is 0.0515. The number of amides is 1. The molecule has 1 N–H and O–H groups in total. The number of H-pyrrole nitrogens is 1. The zero-order chi connectivity index (χ0) is 15.8. The largest absolute Gasteiger partial charge is 0.370 e. The fourth-order valence-corrected chi connectivity index (χ4v) is 3.53. The number of ether oxygens (including phenoxy) is 1. The lowest BCUT2D eigenvalue weighted by molar-refractivity contribution is -0.143. The molecular weight excluding hydrogens is 294 g/mol. The predicted molar refractivity (Wildman–Crippen MR) is 82.6 cm³/mol. The van der Waals surface area contributed by atoms with Crippen LogP contribution in [0, 0.1) is 5.92 Å². The first-order chi connectivity index (χ1) is 11.2. The molecule has 2 aromatic heterocycles. The fraction of sp³-hybridized carbons (Fsp3) is 0.562. The van der Waals surface area contributed by atoms with E-state index in [0.717, 1.165) is 30.5 Å². The van der Waals surface area contributed by atoms with Crippen molar-refractivity contribution in [2.24, 2.45) is 13.0 Å². The van der Waals surface area contributed by atoms with E-state index in [-0.39, 0.29) is 17.9 Å². The van der Waals surface area contributed by atoms with Crippen molar-refractivity contribution in [2.45, 2.75) is 25.4 Å². The highest BCUT2D eigenvalue weighted by atomic mass is 16.5. The summed E-state index contributed by atoms with van der Waals surface area (Å²) in [5.41, 5.74) is 3.40. The summed E-state index contributed by atoms with van der Waals surface area (Å²) >= 11 is 0. The number of hydrogen-bond acceptors (Lipinski definition) is 4. The minimum Gasteiger partial charge on any atom is -0.370 e. The molecule has 1 aliphatic heterocycles. The molecule has 0 aromatic carbocycles. The van der Waals surface area contributed by atoms with Crippen LogP contribution in [0.2, 0.25) is 0 Å². The first kappa shape index (κ1) is 14.4. The van der Waals surface area contributed by atoms with E-state index < -0.39 is 0 Å². The predicted octanol–water partition coefficient (Wildman–Crippen LogP) is 0.848. The summed E-state index contributed by atoms with van der Waals surface area (Å²) in [4.78, 5) is 14.8. The van der Waals surface area contributed by atoms with Gasteiger partial charge in [0.25, 0.3) is 0 Å². The number of hydrogen-bond donors (Lipinski definition) is 1. The molecule has 1 aliphatic carbocycles. The third-order valence-corrected chi connectivity index (χ3v) is 4.84. The average molecular weight is 315 g/mol. The zero-order valence-electron chi connectivity index (χ0n) is 13.2. The summed E-state index contributed by atoms with van der Waals surface area (Å²) in [5.74, 6) is 0.290. The second-order valence-corrected chi connectivity index (χ2v) is 6.40. The van der Waals surface area contributed by atoms with Gasteiger partial charge in [-0.2, -0.15) is 10.2 Å². The van der Waals surface area contributed by atoms with Gasteiger partial charge in [-0.3, -0.25) is 14.6 Å². The summed E-state index contributed by atoms with van der Waals surface area (Å²) in [6.45, 7) is 1.85. The maximum absolute atomic E-state index is 12.9. The van der Waals surface area contributed by atoms with Crippen LogP contribution in [0.4, 0.5) is 0 Å². The van der Waals surface area contributed by atoms with Crippen LogP contribution in [0.5, 0.6) is 0 Å². The van der Waals surface area contributed by atoms with E-state index in [9.17, 15) is 4.79 Å². The summed E-state index contributed by atoms with van der Waals surface area (Å²) in [6.07, 6.45) is 8.17. The normalized spacial score (nSPS) is 24.5. The van der Waals surface area contributed by atoms with E-state index in [1.807, 2.05) is 30.5 Å². The van der Waals surface area contributed by atoms with Gasteiger partial charge in [-0.25, -0.2) is 0 Å². The van der Waals surface area contributed by atoms with Crippen molar-refractivity contribution >= 4 is 5.91 Å². The molecule has 0 spiro atoms. The molecule has 0 bridgehead atoms. The van der Waals surface area contributed by atoms with Crippen LogP contribution in [-0.4, -0.2) is 50.5 Å². The Morgan fingerprint density at radius 2 is 2.35 bits per heavy atom. The average Bonchev–Trinajstić information content (AvgIpc) is 3.22. The number of nitrogens with zero attached hydrogens (tertiary/aromatic N) is 4. The van der Waals surface area contributed by atoms with Gasteiger partial charge >= 0.3 is 0 Å². The molecule has 4 rings (SSSR count). The van der Waals surface area contributed by atoms with Gasteiger partial charge in [-0.1, -0.05) is 0 Å². The van der Waals surface area contributed by atoms with Crippen molar-refractivity contribution in [3.63, 3.8) is 0 Å². The molecule has 2 unspecified atom stereocenters. The first-order valence-electron chi connectivity index (χ1n) is 8.11. The highest BCUT2D eigenvalue weighted by molar-refractivity contribution is 5.79. The highest BCUT2D eigenvalue weighted by Gasteiger charge is 2.32. The Labute approximate surface area is 134 Å². The van der Waals surface area contributed by atoms with E-state index in [0.29, 0.717) is 19.7 Å². The summed E-state index contributed by atoms with van der Waals surface area (Å²) in [5, 5.41) is 11.3. The number of aromatic nitrogens is 4. The lowest BCUT2D eigenvalue weighted by atomic mass is 9.87. The molecule has 2 aromatic rings. The molecule has 2 atom stereocenters. The molecule has 2 aliphatic rings. The van der Waals surface area contributed by atoms with Crippen molar-refractivity contribution in [3.8, 4) is 0 Å². The van der Waals surface area contributed by atoms with Gasteiger partial charge < -0.3 is 9.64 Å². The molecule has 7 nitrogen and oxygen atoms in total. The minimum atomic E-state index is -0.0762. The standard InChI is InChI=1S/C16H21N5O2/c1-20-9-13(8-18-20)15-10-21(4-5-23-15)16(22)11-2-3-12-7-17-19-14(12)6-11/h7-9,11,15H,2-6,10H2,1H3,(H,17,19). The Balaban J connectivity index is 1.44. The molecule has 7 heteroatoms. The number of aryl methyl sites for hydroxylation is 2. The van der Waals surface area contributed by atoms with Crippen molar-refractivity contribution < 1.29 is 9.53 Å². The molecule has 0 radical (unpaired) electrons. The third-order valence-electron chi connectivity index (χ3n) is 4.84. The van der Waals surface area contributed by atoms with Gasteiger partial charge in [0, 0.05) is 43.4 Å². The summed E-state index contributed by atoms with van der Waals surface area (Å²) < 4.78 is 7.59. The van der Waals surface area contributed by atoms with Crippen LogP contribution in [0.1, 0.15) is 29.3 Å². The van der Waals surface area contributed by atoms with Crippen molar-refractivity contribution in [1.29, 1.82) is 0 Å². The van der Waals surface area contributed by atoms with Crippen molar-refractivity contribution in [3.05, 3.63) is 35.4 Å². The molecule has 3 heterocycles. The number of nitrogens with one attached hydrogen (secondary N) is 1. The Morgan fingerprint density at radius 3 is 3.17 bits per heavy atom. The maximum Gasteiger partial charge on any atom is 0.226 e. The highest BCUT2D eigenvalue weighted by Crippen LogP contribution is 2.28. The Hall–Kier alpha value is -2.15. The van der Waals surface area contributed by atoms with E-state index in [1.54, 1.807) is 4.68 Å². The van der Waals surface area contributed by atoms with Crippen LogP contribution in [0.15, 0.2) is 18.6 Å². The third kappa shape index (κ3) is 2.76. The van der Waals surface area contributed by atoms with Gasteiger partial charge in [0.2, 0.25) is 5.91 Å². The molecule has 1 fully saturated rings. The smallest absolute Gasteiger partial charge is 0.226 e. The van der Waals surface area contributed by atoms with Crippen LogP contribution < -0.4 is 0 Å². The molecule has 23 heavy (non-hydrogen) atoms. The maximum atomic E-state index is 12.9. The second-order valence-electron chi connectivity index (χ2n) is 6.40. The van der Waals surface area contributed by atoms with E-state index in [2.05, 4.69) is 15.3 Å². The van der Waals surface area contributed by atoms with Crippen LogP contribution in [-0.2, 0) is 29.4 Å². The van der Waals surface area contributed by atoms with Gasteiger partial charge in [0.05, 0.1) is 25.5 Å². The van der Waals surface area contributed by atoms with E-state index in [4.69, 9.17) is 4.74 Å². The number of carbonyl (C=O) groups excluding carboxylic acids is 1. The fourth-order valence-electron chi connectivity index (χ4n) is 3.53. The number of aromatic amines is 1. The molecule has 1 saturated heterocycles. The van der Waals surface area contributed by atoms with Gasteiger partial charge in [0.15, 0.2) is 0 Å². The quantitative estimate of drug-likeness (QED) is 0.891. The van der Waals surface area contributed by atoms with Crippen molar-refractivity contribution in [1.82, 2.24) is 24.9 Å². The molecule has 122 valence electrons. The molecular formula is C16H21N5O2. The van der Waals surface area contributed by atoms with Crippen LogP contribution in [0.3, 0.4) is 0 Å². The Morgan fingerprint density at radius 1 is 1.43 bits per heavy atom. The Kier molecular flexibility index (Phi) is 3.65. The number of rotatable bonds is 2. The lowest BCUT2D eigenvalue weighted by Gasteiger charge is -2.35. The lowest BCUT2D eigenvalue weighted by Crippen LogP contribution is -2.46. The Bertz CT molecular complexity index is 707. The van der Waals surface area contributed by atoms with Gasteiger partial charge in [-0.15, -0.1) is 0 Å². The summed E-state index contributed by atoms with van der Waals surface area (Å²) in [6, 6.07) is 0. The van der Waals surface area contributed by atoms with Gasteiger partial charge in [-0.05, 0) is 18.4 Å². The zero-order valence-corrected chi connectivity index (χ0v) is 13.2. The van der Waals surface area contributed by atoms with Crippen molar-refractivity contribution in [2.75, 3.05) is 19.7 Å². The second kappa shape index (κ2) is 5.81. The number of fused-ring (bicyclic) bond motifs is 1. The van der Waals surface area contributed by atoms with Gasteiger partial charge in [0.1, 0.15) is 6.10 Å². The topological polar surface area (TPSA) is 76.0 Å². The number of carbonyl (C=O) groups is 1. The molecule has 1 amide bonds. The number of morpholine rings is 1. The first-order valence-corrected chi connectivity index (χ1v) is 8.11. The SMILES string of the molecule is Cn1cc(C2CN(C(=O)C3CCc4cn[nH]c4C3)CCO2)cn1. The monoisotopic (exact) mass is 315 g/mol. The summed E-state index contributed by atoms with van der Waals surface area (Å²) in [7, 11) is 1.89. The van der Waals surface area contributed by atoms with Crippen LogP contribution in [0.25, 0.3) is 0 Å². The van der Waals surface area contributed by atoms with E-state index in [1.165, 1.54) is 5.56 Å². The van der Waals surface area contributed by atoms with Crippen LogP contribution >= 0.6 is 0 Å². The van der Waals surface area contributed by atoms with E-state index >= 15 is 0 Å². The molecule has 0 saturated carbocycles.